The van der Waals surface area contributed by atoms with E-state index in [0.29, 0.717) is 17.0 Å². The number of aliphatic hydroxyl groups is 1. The average molecular weight is 323 g/mol. The normalized spacial score (nSPS) is 33.4. The first kappa shape index (κ1) is 14.2. The van der Waals surface area contributed by atoms with Crippen molar-refractivity contribution in [3.63, 3.8) is 0 Å². The van der Waals surface area contributed by atoms with E-state index in [0.717, 1.165) is 0 Å². The molecule has 0 amide bonds. The molecule has 22 heavy (non-hydrogen) atoms. The molecule has 9 heteroatoms. The van der Waals surface area contributed by atoms with Crippen LogP contribution in [0.4, 0.5) is 5.82 Å². The highest BCUT2D eigenvalue weighted by atomic mass is 32.2. The molecule has 0 radical (unpaired) electrons. The number of thioether (sulfide) groups is 1. The van der Waals surface area contributed by atoms with Gasteiger partial charge in [0, 0.05) is 0 Å². The van der Waals surface area contributed by atoms with Crippen LogP contribution in [0.1, 0.15) is 19.2 Å². The summed E-state index contributed by atoms with van der Waals surface area (Å²) in [7, 11) is 0. The highest BCUT2D eigenvalue weighted by Gasteiger charge is 2.55. The summed E-state index contributed by atoms with van der Waals surface area (Å²) in [6.07, 6.45) is 2.78. The molecule has 8 nitrogen and oxygen atoms in total. The van der Waals surface area contributed by atoms with Crippen LogP contribution in [0.25, 0.3) is 11.2 Å². The number of anilines is 1. The van der Waals surface area contributed by atoms with Gasteiger partial charge in [0.25, 0.3) is 0 Å². The molecular formula is C13H17N5O3S. The van der Waals surface area contributed by atoms with Crippen LogP contribution in [0, 0.1) is 0 Å². The molecule has 4 rings (SSSR count). The van der Waals surface area contributed by atoms with Crippen LogP contribution >= 0.6 is 11.8 Å². The van der Waals surface area contributed by atoms with Crippen LogP contribution in [-0.4, -0.2) is 54.5 Å². The lowest BCUT2D eigenvalue weighted by molar-refractivity contribution is -0.149. The number of nitrogen functional groups attached to an aromatic ring is 1. The fourth-order valence-electron chi connectivity index (χ4n) is 3.09. The van der Waals surface area contributed by atoms with E-state index in [2.05, 4.69) is 15.0 Å². The lowest BCUT2D eigenvalue weighted by Gasteiger charge is -2.23. The molecule has 2 aliphatic heterocycles. The topological polar surface area (TPSA) is 108 Å². The van der Waals surface area contributed by atoms with Crippen molar-refractivity contribution in [2.24, 2.45) is 0 Å². The molecule has 2 aliphatic rings. The molecule has 4 atom stereocenters. The van der Waals surface area contributed by atoms with Gasteiger partial charge in [-0.05, 0) is 13.8 Å². The Bertz CT molecular complexity index is 721. The van der Waals surface area contributed by atoms with Crippen molar-refractivity contribution in [2.45, 2.75) is 42.5 Å². The average Bonchev–Trinajstić information content (AvgIpc) is 3.10. The molecule has 0 bridgehead atoms. The first-order valence-electron chi connectivity index (χ1n) is 7.05. The number of fused-ring (bicyclic) bond motifs is 2. The van der Waals surface area contributed by atoms with E-state index >= 15 is 0 Å². The monoisotopic (exact) mass is 323 g/mol. The first-order chi connectivity index (χ1) is 10.5. The van der Waals surface area contributed by atoms with Gasteiger partial charge in [-0.3, -0.25) is 4.57 Å². The third kappa shape index (κ3) is 2.00. The van der Waals surface area contributed by atoms with Gasteiger partial charge in [-0.25, -0.2) is 15.0 Å². The summed E-state index contributed by atoms with van der Waals surface area (Å²) in [4.78, 5) is 12.5. The molecule has 2 aromatic heterocycles. The molecule has 0 aliphatic carbocycles. The Kier molecular flexibility index (Phi) is 3.09. The lowest BCUT2D eigenvalue weighted by Crippen LogP contribution is -2.30. The fraction of sp³-hybridized carbons (Fsp3) is 0.615. The Morgan fingerprint density at radius 3 is 2.86 bits per heavy atom. The minimum atomic E-state index is -0.660. The number of ether oxygens (including phenoxy) is 2. The highest BCUT2D eigenvalue weighted by molar-refractivity contribution is 8.00. The molecule has 0 spiro atoms. The van der Waals surface area contributed by atoms with E-state index in [9.17, 15) is 5.11 Å². The van der Waals surface area contributed by atoms with Crippen molar-refractivity contribution >= 4 is 28.7 Å². The molecular weight excluding hydrogens is 306 g/mol. The highest BCUT2D eigenvalue weighted by Crippen LogP contribution is 2.51. The Morgan fingerprint density at radius 1 is 1.32 bits per heavy atom. The van der Waals surface area contributed by atoms with E-state index in [1.165, 1.54) is 6.33 Å². The van der Waals surface area contributed by atoms with Crippen LogP contribution in [0.15, 0.2) is 12.7 Å². The van der Waals surface area contributed by atoms with Crippen LogP contribution in [0.3, 0.4) is 0 Å². The minimum absolute atomic E-state index is 0.0333. The maximum absolute atomic E-state index is 9.63. The zero-order chi connectivity index (χ0) is 15.5. The van der Waals surface area contributed by atoms with E-state index in [1.54, 1.807) is 18.1 Å². The van der Waals surface area contributed by atoms with Gasteiger partial charge in [0.05, 0.1) is 18.2 Å². The summed E-state index contributed by atoms with van der Waals surface area (Å²) < 4.78 is 13.9. The third-order valence-electron chi connectivity index (χ3n) is 3.97. The van der Waals surface area contributed by atoms with E-state index < -0.39 is 5.79 Å². The molecule has 4 heterocycles. The predicted octanol–water partition coefficient (Wildman–Crippen LogP) is 0.535. The number of hydrogen-bond donors (Lipinski definition) is 2. The Morgan fingerprint density at radius 2 is 2.09 bits per heavy atom. The molecule has 3 N–H and O–H groups in total. The predicted molar refractivity (Wildman–Crippen MR) is 81.1 cm³/mol. The zero-order valence-electron chi connectivity index (χ0n) is 12.2. The first-order valence-corrected chi connectivity index (χ1v) is 7.99. The molecule has 2 aromatic rings. The van der Waals surface area contributed by atoms with Gasteiger partial charge in [-0.2, -0.15) is 0 Å². The van der Waals surface area contributed by atoms with Gasteiger partial charge < -0.3 is 20.3 Å². The number of aromatic nitrogens is 4. The van der Waals surface area contributed by atoms with E-state index in [-0.39, 0.29) is 29.4 Å². The number of nitrogens with two attached hydrogens (primary N) is 1. The van der Waals surface area contributed by atoms with Gasteiger partial charge in [-0.1, -0.05) is 0 Å². The SMILES string of the molecule is CC1(C)OC2C(CO)SC(n3cnc4c(N)ncnc43)C2O1. The molecule has 0 aromatic carbocycles. The molecule has 2 fully saturated rings. The third-order valence-corrected chi connectivity index (χ3v) is 5.51. The number of aliphatic hydroxyl groups excluding tert-OH is 1. The van der Waals surface area contributed by atoms with Gasteiger partial charge in [-0.15, -0.1) is 11.8 Å². The van der Waals surface area contributed by atoms with E-state index in [1.807, 2.05) is 18.4 Å². The smallest absolute Gasteiger partial charge is 0.166 e. The second kappa shape index (κ2) is 4.79. The van der Waals surface area contributed by atoms with Crippen LogP contribution in [0.5, 0.6) is 0 Å². The van der Waals surface area contributed by atoms with Crippen molar-refractivity contribution in [2.75, 3.05) is 12.3 Å². The Balaban J connectivity index is 1.77. The van der Waals surface area contributed by atoms with E-state index in [4.69, 9.17) is 15.2 Å². The summed E-state index contributed by atoms with van der Waals surface area (Å²) in [5.41, 5.74) is 7.08. The summed E-state index contributed by atoms with van der Waals surface area (Å²) in [5, 5.41) is 9.50. The van der Waals surface area contributed by atoms with Crippen molar-refractivity contribution in [3.8, 4) is 0 Å². The summed E-state index contributed by atoms with van der Waals surface area (Å²) in [6.45, 7) is 3.80. The molecule has 2 saturated heterocycles. The molecule has 0 saturated carbocycles. The Labute approximate surface area is 131 Å². The van der Waals surface area contributed by atoms with Gasteiger partial charge in [0.1, 0.15) is 29.4 Å². The minimum Gasteiger partial charge on any atom is -0.395 e. The second-order valence-corrected chi connectivity index (χ2v) is 7.26. The molecule has 4 unspecified atom stereocenters. The Hall–Kier alpha value is -1.42. The van der Waals surface area contributed by atoms with Gasteiger partial charge >= 0.3 is 0 Å². The lowest BCUT2D eigenvalue weighted by atomic mass is 10.1. The largest absolute Gasteiger partial charge is 0.395 e. The van der Waals surface area contributed by atoms with Crippen LogP contribution in [0.2, 0.25) is 0 Å². The number of imidazole rings is 1. The second-order valence-electron chi connectivity index (χ2n) is 5.90. The zero-order valence-corrected chi connectivity index (χ0v) is 13.0. The maximum Gasteiger partial charge on any atom is 0.166 e. The van der Waals surface area contributed by atoms with Crippen LogP contribution < -0.4 is 5.73 Å². The van der Waals surface area contributed by atoms with Gasteiger partial charge in [0.2, 0.25) is 0 Å². The summed E-state index contributed by atoms with van der Waals surface area (Å²) >= 11 is 1.60. The number of nitrogens with zero attached hydrogens (tertiary/aromatic N) is 4. The summed E-state index contributed by atoms with van der Waals surface area (Å²) in [6, 6.07) is 0. The van der Waals surface area contributed by atoms with Crippen LogP contribution in [-0.2, 0) is 9.47 Å². The van der Waals surface area contributed by atoms with Gasteiger partial charge in [0.15, 0.2) is 17.3 Å². The number of hydrogen-bond acceptors (Lipinski definition) is 8. The number of rotatable bonds is 2. The quantitative estimate of drug-likeness (QED) is 0.824. The molecule has 118 valence electrons. The van der Waals surface area contributed by atoms with Crippen molar-refractivity contribution in [3.05, 3.63) is 12.7 Å². The summed E-state index contributed by atoms with van der Waals surface area (Å²) in [5.74, 6) is -0.308. The van der Waals surface area contributed by atoms with Crippen molar-refractivity contribution < 1.29 is 14.6 Å². The maximum atomic E-state index is 9.63. The van der Waals surface area contributed by atoms with Crippen molar-refractivity contribution in [1.82, 2.24) is 19.5 Å². The fourth-order valence-corrected chi connectivity index (χ4v) is 4.55. The van der Waals surface area contributed by atoms with Crippen molar-refractivity contribution in [1.29, 1.82) is 0 Å². The standard InChI is InChI=1S/C13H17N5O3S/c1-13(2)20-8-6(3-19)22-12(9(8)21-13)18-5-17-7-10(14)15-4-16-11(7)18/h4-6,8-9,12,19H,3H2,1-2H3,(H2,14,15,16).